The van der Waals surface area contributed by atoms with Crippen molar-refractivity contribution in [1.29, 1.82) is 0 Å². The fraction of sp³-hybridized carbons (Fsp3) is 0.100. The van der Waals surface area contributed by atoms with Gasteiger partial charge in [-0.3, -0.25) is 0 Å². The summed E-state index contributed by atoms with van der Waals surface area (Å²) in [4.78, 5) is 3.98. The van der Waals surface area contributed by atoms with Gasteiger partial charge in [0.15, 0.2) is 12.2 Å². The summed E-state index contributed by atoms with van der Waals surface area (Å²) < 4.78 is 5.24. The summed E-state index contributed by atoms with van der Waals surface area (Å²) in [5.41, 5.74) is 6.81. The lowest BCUT2D eigenvalue weighted by molar-refractivity contribution is 0.571. The molecule has 0 atom stereocenters. The van der Waals surface area contributed by atoms with Crippen molar-refractivity contribution in [3.8, 4) is 11.3 Å². The summed E-state index contributed by atoms with van der Waals surface area (Å²) in [5.74, 6) is 0.535. The normalized spacial score (nSPS) is 10.6. The Balaban J connectivity index is 2.63. The maximum absolute atomic E-state index is 6.04. The standard InChI is InChI=1S/C10H8Cl2N2O/c11-6-2-1-3-7(12)9(6)10-8(4-13)14-5-15-10/h1-3,5H,4,13H2. The Bertz CT molecular complexity index is 462. The molecule has 0 unspecified atom stereocenters. The van der Waals surface area contributed by atoms with E-state index in [4.69, 9.17) is 33.4 Å². The van der Waals surface area contributed by atoms with Crippen LogP contribution < -0.4 is 5.73 Å². The molecule has 0 aliphatic carbocycles. The molecule has 0 bridgehead atoms. The summed E-state index contributed by atoms with van der Waals surface area (Å²) in [6.45, 7) is 0.285. The van der Waals surface area contributed by atoms with Gasteiger partial charge in [0.25, 0.3) is 0 Å². The zero-order chi connectivity index (χ0) is 10.8. The Morgan fingerprint density at radius 2 is 1.93 bits per heavy atom. The zero-order valence-electron chi connectivity index (χ0n) is 7.71. The van der Waals surface area contributed by atoms with Gasteiger partial charge < -0.3 is 10.2 Å². The van der Waals surface area contributed by atoms with Crippen LogP contribution in [0.4, 0.5) is 0 Å². The minimum atomic E-state index is 0.285. The molecule has 1 heterocycles. The van der Waals surface area contributed by atoms with Crippen LogP contribution in [0.25, 0.3) is 11.3 Å². The van der Waals surface area contributed by atoms with E-state index in [0.717, 1.165) is 0 Å². The molecule has 0 aliphatic heterocycles. The Kier molecular flexibility index (Phi) is 2.95. The molecule has 15 heavy (non-hydrogen) atoms. The maximum atomic E-state index is 6.04. The molecule has 78 valence electrons. The lowest BCUT2D eigenvalue weighted by Crippen LogP contribution is -1.98. The summed E-state index contributed by atoms with van der Waals surface area (Å²) in [6.07, 6.45) is 1.33. The molecule has 5 heteroatoms. The van der Waals surface area contributed by atoms with E-state index in [1.807, 2.05) is 0 Å². The third kappa shape index (κ3) is 1.86. The molecule has 1 aromatic carbocycles. The molecule has 2 aromatic rings. The van der Waals surface area contributed by atoms with E-state index in [-0.39, 0.29) is 6.54 Å². The number of halogens is 2. The molecular weight excluding hydrogens is 235 g/mol. The molecular formula is C10H8Cl2N2O. The average molecular weight is 243 g/mol. The second-order valence-corrected chi connectivity index (χ2v) is 3.74. The van der Waals surface area contributed by atoms with E-state index in [1.165, 1.54) is 6.39 Å². The van der Waals surface area contributed by atoms with Gasteiger partial charge in [0.05, 0.1) is 15.6 Å². The van der Waals surface area contributed by atoms with Crippen LogP contribution in [0.2, 0.25) is 10.0 Å². The van der Waals surface area contributed by atoms with E-state index in [0.29, 0.717) is 27.1 Å². The number of aromatic nitrogens is 1. The van der Waals surface area contributed by atoms with Crippen molar-refractivity contribution in [1.82, 2.24) is 4.98 Å². The van der Waals surface area contributed by atoms with Gasteiger partial charge in [-0.2, -0.15) is 0 Å². The van der Waals surface area contributed by atoms with Gasteiger partial charge in [0.1, 0.15) is 5.69 Å². The Hall–Kier alpha value is -1.03. The Labute approximate surface area is 96.8 Å². The highest BCUT2D eigenvalue weighted by Crippen LogP contribution is 2.35. The first-order valence-corrected chi connectivity index (χ1v) is 5.06. The number of hydrogen-bond donors (Lipinski definition) is 1. The number of nitrogens with zero attached hydrogens (tertiary/aromatic N) is 1. The topological polar surface area (TPSA) is 52.0 Å². The fourth-order valence-electron chi connectivity index (χ4n) is 1.33. The number of oxazole rings is 1. The van der Waals surface area contributed by atoms with Crippen LogP contribution >= 0.6 is 23.2 Å². The van der Waals surface area contributed by atoms with Crippen LogP contribution in [0.1, 0.15) is 5.69 Å². The van der Waals surface area contributed by atoms with Crippen LogP contribution in [0.3, 0.4) is 0 Å². The van der Waals surface area contributed by atoms with Gasteiger partial charge in [0.2, 0.25) is 0 Å². The summed E-state index contributed by atoms with van der Waals surface area (Å²) >= 11 is 12.1. The van der Waals surface area contributed by atoms with Crippen molar-refractivity contribution in [3.05, 3.63) is 40.3 Å². The quantitative estimate of drug-likeness (QED) is 0.881. The molecule has 0 aliphatic rings. The zero-order valence-corrected chi connectivity index (χ0v) is 9.22. The van der Waals surface area contributed by atoms with E-state index < -0.39 is 0 Å². The van der Waals surface area contributed by atoms with Crippen molar-refractivity contribution in [2.45, 2.75) is 6.54 Å². The molecule has 0 radical (unpaired) electrons. The summed E-state index contributed by atoms with van der Waals surface area (Å²) in [5, 5.41) is 1.04. The van der Waals surface area contributed by atoms with E-state index in [1.54, 1.807) is 18.2 Å². The maximum Gasteiger partial charge on any atom is 0.181 e. The highest BCUT2D eigenvalue weighted by Gasteiger charge is 2.15. The van der Waals surface area contributed by atoms with Crippen molar-refractivity contribution in [3.63, 3.8) is 0 Å². The van der Waals surface area contributed by atoms with E-state index in [9.17, 15) is 0 Å². The number of hydrogen-bond acceptors (Lipinski definition) is 3. The number of rotatable bonds is 2. The van der Waals surface area contributed by atoms with Crippen LogP contribution in [0.5, 0.6) is 0 Å². The molecule has 2 N–H and O–H groups in total. The Morgan fingerprint density at radius 3 is 2.53 bits per heavy atom. The van der Waals surface area contributed by atoms with Crippen molar-refractivity contribution < 1.29 is 4.42 Å². The lowest BCUT2D eigenvalue weighted by Gasteiger charge is -2.04. The van der Waals surface area contributed by atoms with Crippen LogP contribution in [0.15, 0.2) is 29.0 Å². The molecule has 0 saturated carbocycles. The van der Waals surface area contributed by atoms with Gasteiger partial charge in [-0.15, -0.1) is 0 Å². The highest BCUT2D eigenvalue weighted by atomic mass is 35.5. The minimum absolute atomic E-state index is 0.285. The van der Waals surface area contributed by atoms with Gasteiger partial charge in [-0.1, -0.05) is 29.3 Å². The van der Waals surface area contributed by atoms with Gasteiger partial charge >= 0.3 is 0 Å². The second-order valence-electron chi connectivity index (χ2n) is 2.93. The highest BCUT2D eigenvalue weighted by molar-refractivity contribution is 6.39. The SMILES string of the molecule is NCc1ncoc1-c1c(Cl)cccc1Cl. The van der Waals surface area contributed by atoms with Crippen LogP contribution in [0, 0.1) is 0 Å². The molecule has 0 amide bonds. The van der Waals surface area contributed by atoms with Crippen molar-refractivity contribution >= 4 is 23.2 Å². The van der Waals surface area contributed by atoms with Gasteiger partial charge in [0, 0.05) is 6.54 Å². The van der Waals surface area contributed by atoms with Crippen molar-refractivity contribution in [2.24, 2.45) is 5.73 Å². The Morgan fingerprint density at radius 1 is 1.27 bits per heavy atom. The predicted molar refractivity (Wildman–Crippen MR) is 59.9 cm³/mol. The van der Waals surface area contributed by atoms with E-state index >= 15 is 0 Å². The first-order valence-electron chi connectivity index (χ1n) is 4.31. The summed E-state index contributed by atoms with van der Waals surface area (Å²) in [6, 6.07) is 5.25. The summed E-state index contributed by atoms with van der Waals surface area (Å²) in [7, 11) is 0. The van der Waals surface area contributed by atoms with Crippen LogP contribution in [-0.4, -0.2) is 4.98 Å². The van der Waals surface area contributed by atoms with Crippen molar-refractivity contribution in [2.75, 3.05) is 0 Å². The van der Waals surface area contributed by atoms with Crippen LogP contribution in [-0.2, 0) is 6.54 Å². The third-order valence-electron chi connectivity index (χ3n) is 2.02. The predicted octanol–water partition coefficient (Wildman–Crippen LogP) is 3.11. The molecule has 3 nitrogen and oxygen atoms in total. The van der Waals surface area contributed by atoms with Gasteiger partial charge in [-0.25, -0.2) is 4.98 Å². The third-order valence-corrected chi connectivity index (χ3v) is 2.65. The molecule has 0 fully saturated rings. The average Bonchev–Trinajstić information content (AvgIpc) is 2.65. The first-order chi connectivity index (χ1) is 7.24. The molecule has 1 aromatic heterocycles. The molecule has 0 spiro atoms. The smallest absolute Gasteiger partial charge is 0.181 e. The first kappa shape index (κ1) is 10.5. The monoisotopic (exact) mass is 242 g/mol. The largest absolute Gasteiger partial charge is 0.443 e. The molecule has 0 saturated heterocycles. The fourth-order valence-corrected chi connectivity index (χ4v) is 1.90. The number of benzene rings is 1. The van der Waals surface area contributed by atoms with E-state index in [2.05, 4.69) is 4.98 Å². The number of nitrogens with two attached hydrogens (primary N) is 1. The second kappa shape index (κ2) is 4.23. The molecule has 2 rings (SSSR count). The minimum Gasteiger partial charge on any atom is -0.443 e. The van der Waals surface area contributed by atoms with Gasteiger partial charge in [-0.05, 0) is 12.1 Å². The lowest BCUT2D eigenvalue weighted by atomic mass is 10.1.